The van der Waals surface area contributed by atoms with Crippen molar-refractivity contribution in [1.29, 1.82) is 0 Å². The standard InChI is InChI=1S/C59H79N7O10S/c1-41-22-24-49-47(39-41)57(5,6)52(66(49)32-34-74-36-38-75-37-35-73-33-30-62-56(69)59(9)27-26-46-44(4)54(68)42(2)43(3)55(46)76-59)20-15-12-10-11-14-19-51-58(7,8)48-40-45(77(70,71)72)23-25-50(48)65(51)31-17-13-16-21-53(67)61-28-18-29-63-64-60/h10-12,14-15,19-20,22-25,39-40H,13,16-18,21,26-38H2,1-9H3,(H3-,61,62,67,68,69,70,71,72)/p+1. The Hall–Kier alpha value is -6.27. The summed E-state index contributed by atoms with van der Waals surface area (Å²) in [6.45, 7) is 23.1. The zero-order chi connectivity index (χ0) is 56.0. The number of nitrogens with one attached hydrogen (secondary N) is 2. The Morgan fingerprint density at radius 2 is 1.52 bits per heavy atom. The molecule has 4 N–H and O–H groups in total. The topological polar surface area (TPSA) is 225 Å². The van der Waals surface area contributed by atoms with Crippen LogP contribution in [-0.4, -0.2) is 118 Å². The van der Waals surface area contributed by atoms with Gasteiger partial charge in [-0.1, -0.05) is 67.0 Å². The van der Waals surface area contributed by atoms with Gasteiger partial charge in [-0.2, -0.15) is 13.0 Å². The van der Waals surface area contributed by atoms with Crippen molar-refractivity contribution in [2.24, 2.45) is 5.11 Å². The highest BCUT2D eigenvalue weighted by Gasteiger charge is 2.45. The van der Waals surface area contributed by atoms with E-state index in [1.807, 2.05) is 78.0 Å². The Morgan fingerprint density at radius 3 is 2.25 bits per heavy atom. The number of anilines is 1. The number of phenolic OH excluding ortho intramolecular Hbond substituents is 1. The van der Waals surface area contributed by atoms with Gasteiger partial charge in [0, 0.05) is 90.4 Å². The minimum atomic E-state index is -4.40. The molecule has 0 saturated carbocycles. The Balaban J connectivity index is 0.968. The van der Waals surface area contributed by atoms with Crippen LogP contribution in [0.2, 0.25) is 0 Å². The number of carbonyl (C=O) groups is 2. The van der Waals surface area contributed by atoms with Gasteiger partial charge in [0.05, 0.1) is 50.0 Å². The van der Waals surface area contributed by atoms with E-state index in [1.165, 1.54) is 17.2 Å². The normalized spacial score (nSPS) is 18.0. The molecule has 1 unspecified atom stereocenters. The summed E-state index contributed by atoms with van der Waals surface area (Å²) in [7, 11) is -4.40. The van der Waals surface area contributed by atoms with E-state index in [0.717, 1.165) is 63.4 Å². The van der Waals surface area contributed by atoms with Crippen LogP contribution in [0.4, 0.5) is 11.4 Å². The first-order valence-electron chi connectivity index (χ1n) is 26.8. The second kappa shape index (κ2) is 26.9. The van der Waals surface area contributed by atoms with E-state index >= 15 is 0 Å². The van der Waals surface area contributed by atoms with Crippen molar-refractivity contribution in [2.75, 3.05) is 77.3 Å². The summed E-state index contributed by atoms with van der Waals surface area (Å²) < 4.78 is 60.3. The summed E-state index contributed by atoms with van der Waals surface area (Å²) in [4.78, 5) is 30.4. The molecule has 3 aromatic carbocycles. The van der Waals surface area contributed by atoms with Crippen LogP contribution in [0.3, 0.4) is 0 Å². The molecule has 0 bridgehead atoms. The van der Waals surface area contributed by atoms with Crippen molar-refractivity contribution in [2.45, 2.75) is 129 Å². The number of aryl methyl sites for hydroxylation is 1. The fourth-order valence-corrected chi connectivity index (χ4v) is 10.9. The van der Waals surface area contributed by atoms with Crippen LogP contribution in [0.1, 0.15) is 112 Å². The highest BCUT2D eigenvalue weighted by molar-refractivity contribution is 7.85. The van der Waals surface area contributed by atoms with Crippen LogP contribution >= 0.6 is 0 Å². The Labute approximate surface area is 455 Å². The number of rotatable bonds is 28. The maximum Gasteiger partial charge on any atom is 0.294 e. The molecule has 1 atom stereocenters. The molecule has 3 aliphatic rings. The van der Waals surface area contributed by atoms with Crippen molar-refractivity contribution in [3.8, 4) is 11.5 Å². The third-order valence-electron chi connectivity index (χ3n) is 15.0. The molecular weight excluding hydrogens is 999 g/mol. The largest absolute Gasteiger partial charge is 0.507 e. The smallest absolute Gasteiger partial charge is 0.294 e. The molecular formula is C59H80N7O10S+. The van der Waals surface area contributed by atoms with E-state index in [1.54, 1.807) is 12.1 Å². The third-order valence-corrected chi connectivity index (χ3v) is 15.9. The first-order chi connectivity index (χ1) is 36.6. The molecule has 3 aliphatic heterocycles. The number of azide groups is 1. The molecule has 18 heteroatoms. The predicted molar refractivity (Wildman–Crippen MR) is 301 cm³/mol. The number of unbranched alkanes of at least 4 members (excludes halogenated alkanes) is 2. The number of amides is 2. The van der Waals surface area contributed by atoms with E-state index < -0.39 is 21.1 Å². The monoisotopic (exact) mass is 1080 g/mol. The summed E-state index contributed by atoms with van der Waals surface area (Å²) in [5, 5.41) is 19.8. The van der Waals surface area contributed by atoms with Gasteiger partial charge in [0.15, 0.2) is 11.3 Å². The highest BCUT2D eigenvalue weighted by atomic mass is 32.2. The number of carbonyl (C=O) groups excluding carboxylic acids is 2. The van der Waals surface area contributed by atoms with Crippen molar-refractivity contribution in [1.82, 2.24) is 10.6 Å². The molecule has 17 nitrogen and oxygen atoms in total. The van der Waals surface area contributed by atoms with Crippen molar-refractivity contribution in [3.05, 3.63) is 134 Å². The second-order valence-corrected chi connectivity index (χ2v) is 22.6. The zero-order valence-corrected chi connectivity index (χ0v) is 47.4. The number of phenols is 1. The molecule has 0 aromatic heterocycles. The van der Waals surface area contributed by atoms with E-state index in [-0.39, 0.29) is 22.1 Å². The zero-order valence-electron chi connectivity index (χ0n) is 46.5. The van der Waals surface area contributed by atoms with Crippen LogP contribution in [0.15, 0.2) is 94.6 Å². The first kappa shape index (κ1) is 60.0. The van der Waals surface area contributed by atoms with E-state index in [4.69, 9.17) is 24.5 Å². The lowest BCUT2D eigenvalue weighted by Gasteiger charge is -2.36. The number of allylic oxidation sites excluding steroid dienone is 8. The van der Waals surface area contributed by atoms with Crippen LogP contribution in [0, 0.1) is 27.7 Å². The molecule has 77 heavy (non-hydrogen) atoms. The van der Waals surface area contributed by atoms with Crippen molar-refractivity contribution < 1.29 is 51.2 Å². The van der Waals surface area contributed by atoms with Crippen LogP contribution < -0.4 is 20.3 Å². The van der Waals surface area contributed by atoms with Gasteiger partial charge in [-0.15, -0.1) is 0 Å². The van der Waals surface area contributed by atoms with Gasteiger partial charge in [0.1, 0.15) is 18.0 Å². The number of benzene rings is 3. The van der Waals surface area contributed by atoms with Gasteiger partial charge < -0.3 is 39.6 Å². The molecule has 0 spiro atoms. The fourth-order valence-electron chi connectivity index (χ4n) is 10.3. The summed E-state index contributed by atoms with van der Waals surface area (Å²) >= 11 is 0. The average Bonchev–Trinajstić information content (AvgIpc) is 3.82. The highest BCUT2D eigenvalue weighted by Crippen LogP contribution is 2.48. The molecule has 2 amide bonds. The summed E-state index contributed by atoms with van der Waals surface area (Å²) in [6.07, 6.45) is 18.6. The number of hydrogen-bond donors (Lipinski definition) is 4. The molecule has 0 aliphatic carbocycles. The Morgan fingerprint density at radius 1 is 0.818 bits per heavy atom. The number of fused-ring (bicyclic) bond motifs is 3. The molecule has 0 saturated heterocycles. The number of aromatic hydroxyl groups is 1. The minimum absolute atomic E-state index is 0.0349. The Kier molecular flexibility index (Phi) is 20.9. The number of nitrogens with zero attached hydrogens (tertiary/aromatic N) is 5. The molecule has 0 radical (unpaired) electrons. The van der Waals surface area contributed by atoms with Gasteiger partial charge in [-0.25, -0.2) is 0 Å². The molecule has 0 fully saturated rings. The number of ether oxygens (including phenoxy) is 4. The van der Waals surface area contributed by atoms with E-state index in [0.29, 0.717) is 116 Å². The maximum atomic E-state index is 13.2. The second-order valence-electron chi connectivity index (χ2n) is 21.2. The lowest BCUT2D eigenvalue weighted by atomic mass is 9.81. The van der Waals surface area contributed by atoms with Crippen molar-refractivity contribution in [3.63, 3.8) is 0 Å². The molecule has 3 heterocycles. The minimum Gasteiger partial charge on any atom is -0.507 e. The van der Waals surface area contributed by atoms with Gasteiger partial charge in [-0.3, -0.25) is 14.1 Å². The molecule has 6 rings (SSSR count). The maximum absolute atomic E-state index is 13.2. The van der Waals surface area contributed by atoms with Gasteiger partial charge in [0.25, 0.3) is 16.0 Å². The lowest BCUT2D eigenvalue weighted by Crippen LogP contribution is -2.51. The SMILES string of the molecule is Cc1ccc2c(c1)C(C)(C)C(=CC=CC=CC=CC1=[N+](CCCCCC(=O)NCCCN=[N+]=[N-])c3ccc(S(=O)(=O)O)cc3C1(C)C)N2CCOCCOCCOCCNC(=O)C1(C)CCc2c(C)c(O)c(C)c(C)c2O1. The first-order valence-corrected chi connectivity index (χ1v) is 28.2. The van der Waals surface area contributed by atoms with Crippen LogP contribution in [-0.2, 0) is 51.2 Å². The van der Waals surface area contributed by atoms with Crippen LogP contribution in [0.5, 0.6) is 11.5 Å². The van der Waals surface area contributed by atoms with Gasteiger partial charge >= 0.3 is 0 Å². The van der Waals surface area contributed by atoms with Crippen molar-refractivity contribution >= 4 is 39.0 Å². The quantitative estimate of drug-likeness (QED) is 0.0102. The fraction of sp³-hybridized carbons (Fsp3) is 0.508. The average molecular weight is 1080 g/mol. The summed E-state index contributed by atoms with van der Waals surface area (Å²) in [5.41, 5.74) is 17.4. The van der Waals surface area contributed by atoms with Crippen LogP contribution in [0.25, 0.3) is 10.4 Å². The van der Waals surface area contributed by atoms with E-state index in [2.05, 4.69) is 75.2 Å². The van der Waals surface area contributed by atoms with E-state index in [9.17, 15) is 27.7 Å². The van der Waals surface area contributed by atoms with Gasteiger partial charge in [-0.05, 0) is 126 Å². The number of hydrogen-bond acceptors (Lipinski definition) is 11. The lowest BCUT2D eigenvalue weighted by molar-refractivity contribution is -0.438. The Bertz CT molecular complexity index is 2950. The summed E-state index contributed by atoms with van der Waals surface area (Å²) in [5.74, 6) is 0.757. The molecule has 416 valence electrons. The third kappa shape index (κ3) is 14.9. The predicted octanol–water partition coefficient (Wildman–Crippen LogP) is 9.93. The van der Waals surface area contributed by atoms with Gasteiger partial charge in [0.2, 0.25) is 11.6 Å². The summed E-state index contributed by atoms with van der Waals surface area (Å²) in [6, 6.07) is 11.3. The molecule has 3 aromatic rings.